The number of piperidine rings is 2. The minimum atomic E-state index is 0.651. The van der Waals surface area contributed by atoms with Crippen LogP contribution >= 0.6 is 0 Å². The Bertz CT molecular complexity index is 314. The van der Waals surface area contributed by atoms with Crippen molar-refractivity contribution in [2.24, 2.45) is 5.41 Å². The van der Waals surface area contributed by atoms with E-state index in [1.54, 1.807) is 0 Å². The van der Waals surface area contributed by atoms with Gasteiger partial charge in [-0.3, -0.25) is 4.90 Å². The summed E-state index contributed by atoms with van der Waals surface area (Å²) in [5.74, 6) is 0. The zero-order valence-corrected chi connectivity index (χ0v) is 11.5. The molecule has 2 nitrogen and oxygen atoms in total. The number of nitrogens with zero attached hydrogens (tertiary/aromatic N) is 1. The molecule has 0 bridgehead atoms. The van der Waals surface area contributed by atoms with Crippen LogP contribution in [0.1, 0.15) is 25.7 Å². The van der Waals surface area contributed by atoms with E-state index in [1.165, 1.54) is 57.4 Å². The van der Waals surface area contributed by atoms with Gasteiger partial charge in [-0.15, -0.1) is 0 Å². The van der Waals surface area contributed by atoms with E-state index in [9.17, 15) is 0 Å². The second kappa shape index (κ2) is 6.35. The predicted octanol–water partition coefficient (Wildman–Crippen LogP) is 2.75. The second-order valence-electron chi connectivity index (χ2n) is 5.71. The van der Waals surface area contributed by atoms with Crippen LogP contribution in [0.25, 0.3) is 0 Å². The molecule has 0 aliphatic carbocycles. The number of rotatable bonds is 4. The monoisotopic (exact) mass is 246 g/mol. The Balaban J connectivity index is 1.84. The highest BCUT2D eigenvalue weighted by Crippen LogP contribution is 2.39. The summed E-state index contributed by atoms with van der Waals surface area (Å²) >= 11 is 0. The minimum absolute atomic E-state index is 0.651. The van der Waals surface area contributed by atoms with Gasteiger partial charge in [0.2, 0.25) is 0 Å². The Morgan fingerprint density at radius 2 is 1.78 bits per heavy atom. The molecule has 18 heavy (non-hydrogen) atoms. The lowest BCUT2D eigenvalue weighted by molar-refractivity contribution is 0.0793. The summed E-state index contributed by atoms with van der Waals surface area (Å²) in [5.41, 5.74) is 1.93. The van der Waals surface area contributed by atoms with E-state index in [2.05, 4.69) is 29.5 Å². The van der Waals surface area contributed by atoms with Gasteiger partial charge in [0.15, 0.2) is 0 Å². The molecule has 2 heterocycles. The summed E-state index contributed by atoms with van der Waals surface area (Å²) in [5, 5.41) is 3.48. The quantitative estimate of drug-likeness (QED) is 0.767. The third kappa shape index (κ3) is 3.33. The van der Waals surface area contributed by atoms with Crippen LogP contribution in [0.2, 0.25) is 0 Å². The van der Waals surface area contributed by atoms with Crippen LogP contribution in [0.5, 0.6) is 0 Å². The van der Waals surface area contributed by atoms with E-state index >= 15 is 0 Å². The third-order valence-corrected chi connectivity index (χ3v) is 4.58. The Morgan fingerprint density at radius 3 is 2.33 bits per heavy atom. The molecule has 2 heteroatoms. The van der Waals surface area contributed by atoms with Gasteiger partial charge in [0, 0.05) is 6.54 Å². The molecule has 0 aromatic rings. The molecule has 2 aliphatic rings. The Morgan fingerprint density at radius 1 is 1.11 bits per heavy atom. The van der Waals surface area contributed by atoms with Crippen LogP contribution in [0.3, 0.4) is 0 Å². The fourth-order valence-electron chi connectivity index (χ4n) is 3.24. The first-order chi connectivity index (χ1) is 8.78. The molecule has 100 valence electrons. The van der Waals surface area contributed by atoms with Crippen molar-refractivity contribution in [1.82, 2.24) is 10.2 Å². The third-order valence-electron chi connectivity index (χ3n) is 4.58. The fourth-order valence-corrected chi connectivity index (χ4v) is 3.24. The first-order valence-electron chi connectivity index (χ1n) is 7.15. The van der Waals surface area contributed by atoms with E-state index in [4.69, 9.17) is 0 Å². The SMILES string of the molecule is C=C/C=C(\C=C)CN1CCC2(CCNCC2)CC1. The maximum atomic E-state index is 3.88. The van der Waals surface area contributed by atoms with Gasteiger partial charge in [0.25, 0.3) is 0 Å². The predicted molar refractivity (Wildman–Crippen MR) is 78.7 cm³/mol. The summed E-state index contributed by atoms with van der Waals surface area (Å²) in [6, 6.07) is 0. The summed E-state index contributed by atoms with van der Waals surface area (Å²) in [4.78, 5) is 2.56. The number of nitrogens with one attached hydrogen (secondary N) is 1. The molecule has 0 atom stereocenters. The van der Waals surface area contributed by atoms with Crippen molar-refractivity contribution >= 4 is 0 Å². The molecular weight excluding hydrogens is 220 g/mol. The molecule has 0 aromatic carbocycles. The van der Waals surface area contributed by atoms with Crippen LogP contribution in [0, 0.1) is 5.41 Å². The number of likely N-dealkylation sites (tertiary alicyclic amines) is 1. The van der Waals surface area contributed by atoms with Crippen LogP contribution < -0.4 is 5.32 Å². The molecule has 0 aromatic heterocycles. The topological polar surface area (TPSA) is 15.3 Å². The summed E-state index contributed by atoms with van der Waals surface area (Å²) in [7, 11) is 0. The standard InChI is InChI=1S/C16H26N2/c1-3-5-15(4-2)14-18-12-8-16(9-13-18)6-10-17-11-7-16/h3-5,17H,1-2,6-14H2/b15-5+. The molecule has 2 fully saturated rings. The summed E-state index contributed by atoms with van der Waals surface area (Å²) in [6.07, 6.45) is 11.4. The Kier molecular flexibility index (Phi) is 4.79. The number of allylic oxidation sites excluding steroid dienone is 2. The summed E-state index contributed by atoms with van der Waals surface area (Å²) < 4.78 is 0. The zero-order chi connectivity index (χ0) is 12.8. The molecule has 2 rings (SSSR count). The Labute approximate surface area is 111 Å². The summed E-state index contributed by atoms with van der Waals surface area (Å²) in [6.45, 7) is 13.6. The normalized spacial score (nSPS) is 25.0. The van der Waals surface area contributed by atoms with Gasteiger partial charge in [-0.05, 0) is 62.9 Å². The van der Waals surface area contributed by atoms with Crippen LogP contribution in [-0.2, 0) is 0 Å². The molecule has 2 saturated heterocycles. The minimum Gasteiger partial charge on any atom is -0.317 e. The highest BCUT2D eigenvalue weighted by molar-refractivity contribution is 5.22. The number of hydrogen-bond donors (Lipinski definition) is 1. The van der Waals surface area contributed by atoms with Crippen molar-refractivity contribution in [3.8, 4) is 0 Å². The average Bonchev–Trinajstić information content (AvgIpc) is 2.42. The van der Waals surface area contributed by atoms with Gasteiger partial charge in [-0.1, -0.05) is 31.4 Å². The van der Waals surface area contributed by atoms with Crippen molar-refractivity contribution in [3.63, 3.8) is 0 Å². The molecule has 0 saturated carbocycles. The smallest absolute Gasteiger partial charge is 0.0233 e. The van der Waals surface area contributed by atoms with Crippen molar-refractivity contribution in [1.29, 1.82) is 0 Å². The van der Waals surface area contributed by atoms with Gasteiger partial charge < -0.3 is 5.32 Å². The maximum Gasteiger partial charge on any atom is 0.0233 e. The van der Waals surface area contributed by atoms with E-state index < -0.39 is 0 Å². The lowest BCUT2D eigenvalue weighted by Gasteiger charge is -2.44. The van der Waals surface area contributed by atoms with E-state index in [-0.39, 0.29) is 0 Å². The van der Waals surface area contributed by atoms with E-state index in [1.807, 2.05) is 12.2 Å². The molecule has 0 amide bonds. The van der Waals surface area contributed by atoms with E-state index in [0.29, 0.717) is 5.41 Å². The number of hydrogen-bond acceptors (Lipinski definition) is 2. The van der Waals surface area contributed by atoms with Crippen LogP contribution in [0.15, 0.2) is 37.0 Å². The van der Waals surface area contributed by atoms with E-state index in [0.717, 1.165) is 6.54 Å². The maximum absolute atomic E-state index is 3.88. The van der Waals surface area contributed by atoms with Crippen molar-refractivity contribution < 1.29 is 0 Å². The first kappa shape index (κ1) is 13.6. The highest BCUT2D eigenvalue weighted by Gasteiger charge is 2.35. The van der Waals surface area contributed by atoms with Gasteiger partial charge in [0.1, 0.15) is 0 Å². The molecule has 1 spiro atoms. The molecule has 0 unspecified atom stereocenters. The lowest BCUT2D eigenvalue weighted by atomic mass is 9.71. The van der Waals surface area contributed by atoms with Gasteiger partial charge in [-0.2, -0.15) is 0 Å². The zero-order valence-electron chi connectivity index (χ0n) is 11.5. The van der Waals surface area contributed by atoms with Crippen LogP contribution in [0.4, 0.5) is 0 Å². The molecule has 2 aliphatic heterocycles. The molecule has 1 N–H and O–H groups in total. The fraction of sp³-hybridized carbons (Fsp3) is 0.625. The van der Waals surface area contributed by atoms with Crippen molar-refractivity contribution in [3.05, 3.63) is 37.0 Å². The van der Waals surface area contributed by atoms with Gasteiger partial charge in [-0.25, -0.2) is 0 Å². The lowest BCUT2D eigenvalue weighted by Crippen LogP contribution is -2.45. The van der Waals surface area contributed by atoms with Gasteiger partial charge >= 0.3 is 0 Å². The van der Waals surface area contributed by atoms with Crippen LogP contribution in [-0.4, -0.2) is 37.6 Å². The van der Waals surface area contributed by atoms with Crippen molar-refractivity contribution in [2.45, 2.75) is 25.7 Å². The first-order valence-corrected chi connectivity index (χ1v) is 7.15. The highest BCUT2D eigenvalue weighted by atomic mass is 15.1. The Hall–Kier alpha value is -0.860. The molecule has 0 radical (unpaired) electrons. The second-order valence-corrected chi connectivity index (χ2v) is 5.71. The van der Waals surface area contributed by atoms with Crippen molar-refractivity contribution in [2.75, 3.05) is 32.7 Å². The molecular formula is C16H26N2. The largest absolute Gasteiger partial charge is 0.317 e. The average molecular weight is 246 g/mol. The van der Waals surface area contributed by atoms with Gasteiger partial charge in [0.05, 0.1) is 0 Å².